The number of hydrogen-bond acceptors (Lipinski definition) is 3. The number of primary amides is 1. The topological polar surface area (TPSA) is 129 Å². The molecule has 172 valence electrons. The molecule has 1 aromatic heterocycles. The van der Waals surface area contributed by atoms with Crippen LogP contribution in [0.4, 0.5) is 35.2 Å². The summed E-state index contributed by atoms with van der Waals surface area (Å²) in [6, 6.07) is 7.96. The van der Waals surface area contributed by atoms with Gasteiger partial charge in [-0.05, 0) is 35.9 Å². The van der Waals surface area contributed by atoms with E-state index in [4.69, 9.17) is 17.3 Å². The highest BCUT2D eigenvalue weighted by atomic mass is 35.5. The molecule has 0 atom stereocenters. The Morgan fingerprint density at radius 3 is 2.24 bits per heavy atom. The van der Waals surface area contributed by atoms with Crippen molar-refractivity contribution >= 4 is 46.6 Å². The lowest BCUT2D eigenvalue weighted by atomic mass is 10.0. The Morgan fingerprint density at radius 2 is 1.67 bits per heavy atom. The van der Waals surface area contributed by atoms with E-state index in [2.05, 4.69) is 20.9 Å². The van der Waals surface area contributed by atoms with Gasteiger partial charge in [-0.3, -0.25) is 9.59 Å². The van der Waals surface area contributed by atoms with Gasteiger partial charge in [-0.1, -0.05) is 23.7 Å². The zero-order valence-corrected chi connectivity index (χ0v) is 17.7. The van der Waals surface area contributed by atoms with Crippen LogP contribution in [0.15, 0.2) is 48.7 Å². The smallest absolute Gasteiger partial charge is 0.365 e. The third kappa shape index (κ3) is 5.63. The van der Waals surface area contributed by atoms with Gasteiger partial charge in [0.05, 0.1) is 21.8 Å². The number of rotatable bonds is 5. The van der Waals surface area contributed by atoms with Crippen LogP contribution >= 0.6 is 11.6 Å². The van der Waals surface area contributed by atoms with Gasteiger partial charge in [-0.25, -0.2) is 4.79 Å². The van der Waals surface area contributed by atoms with Crippen molar-refractivity contribution in [2.24, 2.45) is 5.73 Å². The molecule has 0 saturated carbocycles. The SMILES string of the molecule is CC(=O)Nc1[nH]cc(-c2ccc(NC(=O)Nc3cc(C(F)(F)F)ccc3Cl)cc2)c1C(N)=O. The minimum absolute atomic E-state index is 0.0603. The predicted octanol–water partition coefficient (Wildman–Crippen LogP) is 5.06. The third-order valence-electron chi connectivity index (χ3n) is 4.42. The number of nitrogens with two attached hydrogens (primary N) is 1. The molecule has 0 radical (unpaired) electrons. The first-order valence-electron chi connectivity index (χ1n) is 9.29. The number of aromatic amines is 1. The van der Waals surface area contributed by atoms with Crippen LogP contribution in [0, 0.1) is 0 Å². The van der Waals surface area contributed by atoms with Crippen LogP contribution in [0.25, 0.3) is 11.1 Å². The summed E-state index contributed by atoms with van der Waals surface area (Å²) >= 11 is 5.88. The van der Waals surface area contributed by atoms with Crippen LogP contribution in [0.5, 0.6) is 0 Å². The summed E-state index contributed by atoms with van der Waals surface area (Å²) in [4.78, 5) is 38.2. The van der Waals surface area contributed by atoms with E-state index in [1.165, 1.54) is 25.3 Å². The van der Waals surface area contributed by atoms with Gasteiger partial charge >= 0.3 is 12.2 Å². The van der Waals surface area contributed by atoms with Crippen molar-refractivity contribution in [1.29, 1.82) is 0 Å². The van der Waals surface area contributed by atoms with Crippen LogP contribution in [0.1, 0.15) is 22.8 Å². The number of amides is 4. The van der Waals surface area contributed by atoms with Crippen molar-refractivity contribution in [3.8, 4) is 11.1 Å². The normalized spacial score (nSPS) is 11.1. The van der Waals surface area contributed by atoms with Gasteiger partial charge in [0.25, 0.3) is 5.91 Å². The van der Waals surface area contributed by atoms with Crippen LogP contribution < -0.4 is 21.7 Å². The van der Waals surface area contributed by atoms with Crippen molar-refractivity contribution < 1.29 is 27.6 Å². The van der Waals surface area contributed by atoms with E-state index in [1.54, 1.807) is 12.1 Å². The quantitative estimate of drug-likeness (QED) is 0.351. The number of anilines is 3. The van der Waals surface area contributed by atoms with Crippen molar-refractivity contribution in [2.45, 2.75) is 13.1 Å². The number of alkyl halides is 3. The van der Waals surface area contributed by atoms with Gasteiger partial charge < -0.3 is 26.7 Å². The fourth-order valence-corrected chi connectivity index (χ4v) is 3.16. The molecular formula is C21H17ClF3N5O3. The fraction of sp³-hybridized carbons (Fsp3) is 0.0952. The molecule has 0 unspecified atom stereocenters. The van der Waals surface area contributed by atoms with Crippen LogP contribution in [0.3, 0.4) is 0 Å². The van der Waals surface area contributed by atoms with Gasteiger partial charge in [-0.2, -0.15) is 13.2 Å². The first-order valence-corrected chi connectivity index (χ1v) is 9.67. The second-order valence-corrected chi connectivity index (χ2v) is 7.25. The molecule has 8 nitrogen and oxygen atoms in total. The van der Waals surface area contributed by atoms with Crippen LogP contribution in [-0.4, -0.2) is 22.8 Å². The molecule has 0 fully saturated rings. The molecule has 2 aromatic carbocycles. The molecule has 1 heterocycles. The molecule has 3 aromatic rings. The Hall–Kier alpha value is -3.99. The molecule has 0 spiro atoms. The van der Waals surface area contributed by atoms with Gasteiger partial charge in [-0.15, -0.1) is 0 Å². The second-order valence-electron chi connectivity index (χ2n) is 6.85. The first-order chi connectivity index (χ1) is 15.5. The van der Waals surface area contributed by atoms with E-state index >= 15 is 0 Å². The average molecular weight is 480 g/mol. The zero-order chi connectivity index (χ0) is 24.3. The van der Waals surface area contributed by atoms with E-state index in [0.29, 0.717) is 16.8 Å². The Kier molecular flexibility index (Phi) is 6.63. The maximum absolute atomic E-state index is 12.9. The highest BCUT2D eigenvalue weighted by Crippen LogP contribution is 2.34. The number of carbonyl (C=O) groups excluding carboxylic acids is 3. The lowest BCUT2D eigenvalue weighted by Gasteiger charge is -2.12. The van der Waals surface area contributed by atoms with Gasteiger partial charge in [0.15, 0.2) is 0 Å². The fourth-order valence-electron chi connectivity index (χ4n) is 3.00. The molecule has 0 bridgehead atoms. The Morgan fingerprint density at radius 1 is 1.00 bits per heavy atom. The maximum Gasteiger partial charge on any atom is 0.416 e. The van der Waals surface area contributed by atoms with Crippen molar-refractivity contribution in [2.75, 3.05) is 16.0 Å². The summed E-state index contributed by atoms with van der Waals surface area (Å²) in [5.41, 5.74) is 5.66. The maximum atomic E-state index is 12.9. The number of aromatic nitrogens is 1. The summed E-state index contributed by atoms with van der Waals surface area (Å²) in [5.74, 6) is -0.989. The van der Waals surface area contributed by atoms with E-state index in [-0.39, 0.29) is 22.1 Å². The molecule has 3 rings (SSSR count). The van der Waals surface area contributed by atoms with E-state index in [1.807, 2.05) is 0 Å². The summed E-state index contributed by atoms with van der Waals surface area (Å²) in [6.07, 6.45) is -3.09. The van der Waals surface area contributed by atoms with Gasteiger partial charge in [0, 0.05) is 24.4 Å². The molecule has 0 saturated heterocycles. The summed E-state index contributed by atoms with van der Waals surface area (Å²) < 4.78 is 38.6. The van der Waals surface area contributed by atoms with E-state index < -0.39 is 29.6 Å². The molecule has 0 aliphatic carbocycles. The highest BCUT2D eigenvalue weighted by Gasteiger charge is 2.31. The molecule has 4 amide bonds. The van der Waals surface area contributed by atoms with Crippen LogP contribution in [-0.2, 0) is 11.0 Å². The number of hydrogen-bond donors (Lipinski definition) is 5. The van der Waals surface area contributed by atoms with Crippen molar-refractivity contribution in [3.05, 3.63) is 64.8 Å². The lowest BCUT2D eigenvalue weighted by Crippen LogP contribution is -2.20. The molecule has 33 heavy (non-hydrogen) atoms. The lowest BCUT2D eigenvalue weighted by molar-refractivity contribution is -0.137. The first kappa shape index (κ1) is 23.7. The molecule has 0 aliphatic rings. The average Bonchev–Trinajstić information content (AvgIpc) is 3.12. The third-order valence-corrected chi connectivity index (χ3v) is 4.75. The molecule has 6 N–H and O–H groups in total. The monoisotopic (exact) mass is 479 g/mol. The number of urea groups is 1. The van der Waals surface area contributed by atoms with E-state index in [0.717, 1.165) is 18.2 Å². The minimum Gasteiger partial charge on any atom is -0.365 e. The van der Waals surface area contributed by atoms with E-state index in [9.17, 15) is 27.6 Å². The zero-order valence-electron chi connectivity index (χ0n) is 16.9. The standard InChI is InChI=1S/C21H17ClF3N5O3/c1-10(31)28-19-17(18(26)32)14(9-27-19)11-2-5-13(6-3-11)29-20(33)30-16-8-12(21(23,24)25)4-7-15(16)22/h2-9,27H,1H3,(H2,26,32)(H,28,31)(H2,29,30,33). The summed E-state index contributed by atoms with van der Waals surface area (Å²) in [7, 11) is 0. The molecule has 0 aliphatic heterocycles. The number of benzene rings is 2. The summed E-state index contributed by atoms with van der Waals surface area (Å²) in [6.45, 7) is 1.28. The number of nitrogens with one attached hydrogen (secondary N) is 4. The van der Waals surface area contributed by atoms with Gasteiger partial charge in [0.2, 0.25) is 5.91 Å². The molecular weight excluding hydrogens is 463 g/mol. The Labute approximate surface area is 190 Å². The Bertz CT molecular complexity index is 1220. The number of H-pyrrole nitrogens is 1. The van der Waals surface area contributed by atoms with Crippen molar-refractivity contribution in [1.82, 2.24) is 4.98 Å². The number of halogens is 4. The predicted molar refractivity (Wildman–Crippen MR) is 118 cm³/mol. The minimum atomic E-state index is -4.59. The summed E-state index contributed by atoms with van der Waals surface area (Å²) in [5, 5.41) is 7.17. The van der Waals surface area contributed by atoms with Crippen molar-refractivity contribution in [3.63, 3.8) is 0 Å². The van der Waals surface area contributed by atoms with Gasteiger partial charge in [0.1, 0.15) is 5.82 Å². The Balaban J connectivity index is 1.76. The van der Waals surface area contributed by atoms with Crippen LogP contribution in [0.2, 0.25) is 5.02 Å². The number of carbonyl (C=O) groups is 3. The largest absolute Gasteiger partial charge is 0.416 e. The second kappa shape index (κ2) is 9.25. The molecule has 12 heteroatoms. The highest BCUT2D eigenvalue weighted by molar-refractivity contribution is 6.33.